The van der Waals surface area contributed by atoms with Crippen LogP contribution >= 0.6 is 0 Å². The third-order valence-corrected chi connectivity index (χ3v) is 4.17. The second-order valence-electron chi connectivity index (χ2n) is 6.11. The minimum absolute atomic E-state index is 0.00469. The molecule has 1 aliphatic heterocycles. The minimum atomic E-state index is -4.37. The van der Waals surface area contributed by atoms with Gasteiger partial charge in [0.05, 0.1) is 5.56 Å². The van der Waals surface area contributed by atoms with E-state index in [4.69, 9.17) is 9.47 Å². The zero-order chi connectivity index (χ0) is 19.6. The molecule has 142 valence electrons. The molecule has 1 saturated heterocycles. The van der Waals surface area contributed by atoms with Gasteiger partial charge in [0, 0.05) is 0 Å². The Bertz CT molecular complexity index is 832. The molecule has 0 saturated carbocycles. The molecule has 3 rings (SSSR count). The number of nitrogens with one attached hydrogen (secondary N) is 1. The zero-order valence-electron chi connectivity index (χ0n) is 14.2. The fourth-order valence-corrected chi connectivity index (χ4v) is 2.58. The molecule has 27 heavy (non-hydrogen) atoms. The smallest absolute Gasteiger partial charge is 0.416 e. The lowest BCUT2D eigenvalue weighted by molar-refractivity contribution is -0.174. The van der Waals surface area contributed by atoms with E-state index in [9.17, 15) is 22.8 Å². The molecule has 1 fully saturated rings. The maximum Gasteiger partial charge on any atom is 0.416 e. The molecule has 5 nitrogen and oxygen atoms in total. The van der Waals surface area contributed by atoms with Gasteiger partial charge in [-0.2, -0.15) is 13.2 Å². The molecule has 0 aromatic heterocycles. The molecule has 1 heterocycles. The molecule has 1 N–H and O–H groups in total. The number of carbonyl (C=O) groups is 2. The van der Waals surface area contributed by atoms with Crippen molar-refractivity contribution in [3.05, 3.63) is 59.7 Å². The van der Waals surface area contributed by atoms with Crippen molar-refractivity contribution in [3.8, 4) is 11.1 Å². The van der Waals surface area contributed by atoms with Crippen LogP contribution in [0.4, 0.5) is 18.0 Å². The molecular weight excluding hydrogens is 363 g/mol. The highest BCUT2D eigenvalue weighted by molar-refractivity contribution is 5.86. The van der Waals surface area contributed by atoms with Crippen LogP contribution in [0.3, 0.4) is 0 Å². The largest absolute Gasteiger partial charge is 0.458 e. The van der Waals surface area contributed by atoms with E-state index in [1.165, 1.54) is 12.1 Å². The van der Waals surface area contributed by atoms with Crippen molar-refractivity contribution >= 4 is 12.1 Å². The number of esters is 1. The van der Waals surface area contributed by atoms with E-state index >= 15 is 0 Å². The first kappa shape index (κ1) is 18.8. The summed E-state index contributed by atoms with van der Waals surface area (Å²) in [7, 11) is 0. The number of alkyl carbamates (subject to hydrolysis) is 1. The van der Waals surface area contributed by atoms with Crippen molar-refractivity contribution in [2.24, 2.45) is 0 Å². The van der Waals surface area contributed by atoms with E-state index < -0.39 is 29.8 Å². The second-order valence-corrected chi connectivity index (χ2v) is 6.11. The summed E-state index contributed by atoms with van der Waals surface area (Å²) in [5.41, 5.74) is 1.38. The number of benzene rings is 2. The number of halogens is 3. The summed E-state index contributed by atoms with van der Waals surface area (Å²) in [4.78, 5) is 22.8. The zero-order valence-corrected chi connectivity index (χ0v) is 14.2. The Kier molecular flexibility index (Phi) is 5.07. The molecule has 1 aliphatic rings. The summed E-state index contributed by atoms with van der Waals surface area (Å²) in [5, 5.41) is 2.41. The molecule has 2 aromatic carbocycles. The van der Waals surface area contributed by atoms with Gasteiger partial charge in [0.25, 0.3) is 0 Å². The van der Waals surface area contributed by atoms with Crippen molar-refractivity contribution < 1.29 is 32.2 Å². The Labute approximate surface area is 153 Å². The van der Waals surface area contributed by atoms with Gasteiger partial charge in [-0.1, -0.05) is 36.4 Å². The summed E-state index contributed by atoms with van der Waals surface area (Å²) in [5.74, 6) is -0.500. The number of rotatable bonds is 4. The van der Waals surface area contributed by atoms with Gasteiger partial charge in [-0.25, -0.2) is 9.59 Å². The topological polar surface area (TPSA) is 64.6 Å². The van der Waals surface area contributed by atoms with Crippen molar-refractivity contribution in [1.29, 1.82) is 0 Å². The van der Waals surface area contributed by atoms with Gasteiger partial charge in [0.15, 0.2) is 6.04 Å². The predicted molar refractivity (Wildman–Crippen MR) is 89.5 cm³/mol. The minimum Gasteiger partial charge on any atom is -0.458 e. The summed E-state index contributed by atoms with van der Waals surface area (Å²) < 4.78 is 47.6. The molecule has 0 spiro atoms. The van der Waals surface area contributed by atoms with E-state index in [-0.39, 0.29) is 12.7 Å². The van der Waals surface area contributed by atoms with Crippen molar-refractivity contribution in [3.63, 3.8) is 0 Å². The lowest BCUT2D eigenvalue weighted by Gasteiger charge is -2.32. The number of amides is 1. The third-order valence-electron chi connectivity index (χ3n) is 4.17. The molecule has 8 heteroatoms. The summed E-state index contributed by atoms with van der Waals surface area (Å²) >= 11 is 0. The molecule has 0 aliphatic carbocycles. The Balaban J connectivity index is 1.55. The molecule has 0 radical (unpaired) electrons. The quantitative estimate of drug-likeness (QED) is 0.818. The maximum absolute atomic E-state index is 12.6. The van der Waals surface area contributed by atoms with Gasteiger partial charge in [0.2, 0.25) is 0 Å². The fourth-order valence-electron chi connectivity index (χ4n) is 2.58. The van der Waals surface area contributed by atoms with Gasteiger partial charge in [-0.3, -0.25) is 0 Å². The first-order valence-electron chi connectivity index (χ1n) is 8.14. The van der Waals surface area contributed by atoms with Crippen LogP contribution in [0.1, 0.15) is 18.1 Å². The second kappa shape index (κ2) is 7.30. The summed E-state index contributed by atoms with van der Waals surface area (Å²) in [6.07, 6.45) is -5.47. The van der Waals surface area contributed by atoms with Crippen molar-refractivity contribution in [1.82, 2.24) is 5.32 Å². The first-order valence-corrected chi connectivity index (χ1v) is 8.14. The van der Waals surface area contributed by atoms with Gasteiger partial charge in [0.1, 0.15) is 12.7 Å². The number of ether oxygens (including phenoxy) is 2. The first-order chi connectivity index (χ1) is 12.7. The average molecular weight is 379 g/mol. The number of carbonyl (C=O) groups excluding carboxylic acids is 2. The standard InChI is InChI=1S/C19H16F3NO4/c1-11-16(17(24)27-11)23-18(25)26-10-12-2-4-13(5-3-12)14-6-8-15(9-7-14)19(20,21)22/h2-9,11,16H,10H2,1H3,(H,23,25). The van der Waals surface area contributed by atoms with Crippen LogP contribution in [0.2, 0.25) is 0 Å². The third kappa shape index (κ3) is 4.39. The Morgan fingerprint density at radius 1 is 1.07 bits per heavy atom. The predicted octanol–water partition coefficient (Wildman–Crippen LogP) is 3.91. The number of cyclic esters (lactones) is 1. The van der Waals surface area contributed by atoms with Gasteiger partial charge in [-0.15, -0.1) is 0 Å². The van der Waals surface area contributed by atoms with Gasteiger partial charge < -0.3 is 14.8 Å². The van der Waals surface area contributed by atoms with Crippen LogP contribution in [0.25, 0.3) is 11.1 Å². The normalized spacial score (nSPS) is 19.0. The molecule has 2 atom stereocenters. The number of alkyl halides is 3. The van der Waals surface area contributed by atoms with Crippen LogP contribution in [0.5, 0.6) is 0 Å². The van der Waals surface area contributed by atoms with Crippen LogP contribution in [-0.2, 0) is 27.1 Å². The molecule has 2 aromatic rings. The lowest BCUT2D eigenvalue weighted by atomic mass is 10.0. The number of hydrogen-bond acceptors (Lipinski definition) is 4. The highest BCUT2D eigenvalue weighted by Gasteiger charge is 2.40. The number of hydrogen-bond donors (Lipinski definition) is 1. The average Bonchev–Trinajstić information content (AvgIpc) is 2.64. The highest BCUT2D eigenvalue weighted by Crippen LogP contribution is 2.31. The molecular formula is C19H16F3NO4. The molecule has 0 bridgehead atoms. The van der Waals surface area contributed by atoms with E-state index in [0.717, 1.165) is 17.7 Å². The monoisotopic (exact) mass is 379 g/mol. The maximum atomic E-state index is 12.6. The summed E-state index contributed by atoms with van der Waals surface area (Å²) in [6, 6.07) is 11.0. The van der Waals surface area contributed by atoms with Crippen LogP contribution in [0, 0.1) is 0 Å². The van der Waals surface area contributed by atoms with E-state index in [0.29, 0.717) is 11.1 Å². The molecule has 1 amide bonds. The fraction of sp³-hybridized carbons (Fsp3) is 0.263. The molecule has 2 unspecified atom stereocenters. The Morgan fingerprint density at radius 3 is 2.11 bits per heavy atom. The Hall–Kier alpha value is -3.03. The highest BCUT2D eigenvalue weighted by atomic mass is 19.4. The van der Waals surface area contributed by atoms with Gasteiger partial charge >= 0.3 is 18.2 Å². The van der Waals surface area contributed by atoms with Crippen LogP contribution < -0.4 is 5.32 Å². The Morgan fingerprint density at radius 2 is 1.63 bits per heavy atom. The summed E-state index contributed by atoms with van der Waals surface area (Å²) in [6.45, 7) is 1.65. The van der Waals surface area contributed by atoms with Crippen LogP contribution in [-0.4, -0.2) is 24.2 Å². The lowest BCUT2D eigenvalue weighted by Crippen LogP contribution is -2.58. The SMILES string of the molecule is CC1OC(=O)C1NC(=O)OCc1ccc(-c2ccc(C(F)(F)F)cc2)cc1. The van der Waals surface area contributed by atoms with E-state index in [1.807, 2.05) is 0 Å². The van der Waals surface area contributed by atoms with Crippen molar-refractivity contribution in [2.75, 3.05) is 0 Å². The van der Waals surface area contributed by atoms with Gasteiger partial charge in [-0.05, 0) is 35.7 Å². The van der Waals surface area contributed by atoms with E-state index in [2.05, 4.69) is 5.32 Å². The van der Waals surface area contributed by atoms with Crippen LogP contribution in [0.15, 0.2) is 48.5 Å². The van der Waals surface area contributed by atoms with E-state index in [1.54, 1.807) is 31.2 Å². The van der Waals surface area contributed by atoms with Crippen molar-refractivity contribution in [2.45, 2.75) is 31.9 Å².